The standard InChI is InChI=1S/C11H21N5OS/c1-15(2)5-4-6-16(3)7-9-8-18-11(13-9)10(17)14-12/h8H,4-7,12H2,1-3H3,(H,14,17). The van der Waals surface area contributed by atoms with Gasteiger partial charge in [0.05, 0.1) is 5.69 Å². The van der Waals surface area contributed by atoms with Gasteiger partial charge >= 0.3 is 0 Å². The normalized spacial score (nSPS) is 11.2. The van der Waals surface area contributed by atoms with Gasteiger partial charge in [-0.05, 0) is 40.7 Å². The third kappa shape index (κ3) is 5.09. The van der Waals surface area contributed by atoms with Crippen LogP contribution < -0.4 is 11.3 Å². The van der Waals surface area contributed by atoms with Crippen LogP contribution in [0.2, 0.25) is 0 Å². The second-order valence-electron chi connectivity index (χ2n) is 4.51. The molecule has 6 nitrogen and oxygen atoms in total. The van der Waals surface area contributed by atoms with E-state index in [1.807, 2.05) is 5.38 Å². The number of nitrogens with two attached hydrogens (primary N) is 1. The molecule has 0 aliphatic carbocycles. The van der Waals surface area contributed by atoms with Gasteiger partial charge in [0.2, 0.25) is 0 Å². The average molecular weight is 271 g/mol. The van der Waals surface area contributed by atoms with E-state index < -0.39 is 0 Å². The summed E-state index contributed by atoms with van der Waals surface area (Å²) in [6.45, 7) is 2.83. The lowest BCUT2D eigenvalue weighted by Crippen LogP contribution is -2.30. The Morgan fingerprint density at radius 1 is 1.44 bits per heavy atom. The molecule has 0 atom stereocenters. The minimum absolute atomic E-state index is 0.332. The molecule has 1 amide bonds. The number of hydrogen-bond acceptors (Lipinski definition) is 6. The Morgan fingerprint density at radius 3 is 2.78 bits per heavy atom. The maximum Gasteiger partial charge on any atom is 0.294 e. The summed E-state index contributed by atoms with van der Waals surface area (Å²) in [5, 5.41) is 2.31. The lowest BCUT2D eigenvalue weighted by molar-refractivity contribution is 0.0953. The van der Waals surface area contributed by atoms with E-state index in [1.165, 1.54) is 11.3 Å². The molecule has 1 aromatic rings. The molecule has 0 bridgehead atoms. The predicted molar refractivity (Wildman–Crippen MR) is 73.3 cm³/mol. The van der Waals surface area contributed by atoms with Gasteiger partial charge in [0, 0.05) is 11.9 Å². The number of carbonyl (C=O) groups excluding carboxylic acids is 1. The van der Waals surface area contributed by atoms with E-state index in [1.54, 1.807) is 0 Å². The van der Waals surface area contributed by atoms with Crippen molar-refractivity contribution in [1.82, 2.24) is 20.2 Å². The Kier molecular flexibility index (Phi) is 6.20. The fraction of sp³-hybridized carbons (Fsp3) is 0.636. The van der Waals surface area contributed by atoms with Gasteiger partial charge in [-0.15, -0.1) is 11.3 Å². The molecule has 18 heavy (non-hydrogen) atoms. The topological polar surface area (TPSA) is 74.5 Å². The first-order valence-corrected chi connectivity index (χ1v) is 6.69. The monoisotopic (exact) mass is 271 g/mol. The fourth-order valence-corrected chi connectivity index (χ4v) is 2.27. The van der Waals surface area contributed by atoms with Crippen LogP contribution in [-0.4, -0.2) is 54.9 Å². The van der Waals surface area contributed by atoms with E-state index in [0.29, 0.717) is 5.01 Å². The van der Waals surface area contributed by atoms with Crippen molar-refractivity contribution in [2.75, 3.05) is 34.2 Å². The van der Waals surface area contributed by atoms with Gasteiger partial charge in [-0.3, -0.25) is 10.2 Å². The summed E-state index contributed by atoms with van der Waals surface area (Å²) in [5.74, 6) is 4.73. The van der Waals surface area contributed by atoms with Crippen molar-refractivity contribution in [3.8, 4) is 0 Å². The molecule has 0 aromatic carbocycles. The molecule has 0 aliphatic heterocycles. The fourth-order valence-electron chi connectivity index (χ4n) is 1.56. The van der Waals surface area contributed by atoms with Gasteiger partial charge in [0.1, 0.15) is 0 Å². The van der Waals surface area contributed by atoms with Crippen LogP contribution in [0.25, 0.3) is 0 Å². The van der Waals surface area contributed by atoms with Gasteiger partial charge in [-0.25, -0.2) is 10.8 Å². The highest BCUT2D eigenvalue weighted by Gasteiger charge is 2.10. The summed E-state index contributed by atoms with van der Waals surface area (Å²) in [7, 11) is 6.19. The van der Waals surface area contributed by atoms with E-state index in [-0.39, 0.29) is 5.91 Å². The van der Waals surface area contributed by atoms with Crippen molar-refractivity contribution in [3.05, 3.63) is 16.1 Å². The largest absolute Gasteiger partial charge is 0.309 e. The molecule has 7 heteroatoms. The minimum Gasteiger partial charge on any atom is -0.309 e. The SMILES string of the molecule is CN(C)CCCN(C)Cc1csc(C(=O)NN)n1. The van der Waals surface area contributed by atoms with Crippen molar-refractivity contribution >= 4 is 17.2 Å². The second-order valence-corrected chi connectivity index (χ2v) is 5.37. The van der Waals surface area contributed by atoms with Crippen LogP contribution in [0.4, 0.5) is 0 Å². The lowest BCUT2D eigenvalue weighted by Gasteiger charge is -2.16. The Morgan fingerprint density at radius 2 is 2.17 bits per heavy atom. The molecule has 0 saturated carbocycles. The number of aromatic nitrogens is 1. The molecule has 0 aliphatic rings. The minimum atomic E-state index is -0.332. The van der Waals surface area contributed by atoms with Gasteiger partial charge in [-0.1, -0.05) is 0 Å². The number of nitrogen functional groups attached to an aromatic ring is 1. The molecule has 0 saturated heterocycles. The maximum absolute atomic E-state index is 11.3. The molecule has 1 aromatic heterocycles. The Labute approximate surface area is 112 Å². The number of thiazole rings is 1. The number of nitrogens with one attached hydrogen (secondary N) is 1. The molecule has 1 rings (SSSR count). The molecular weight excluding hydrogens is 250 g/mol. The number of rotatable bonds is 7. The van der Waals surface area contributed by atoms with E-state index in [0.717, 1.165) is 31.7 Å². The molecular formula is C11H21N5OS. The van der Waals surface area contributed by atoms with Crippen molar-refractivity contribution in [1.29, 1.82) is 0 Å². The molecule has 0 fully saturated rings. The predicted octanol–water partition coefficient (Wildman–Crippen LogP) is 0.130. The first-order valence-electron chi connectivity index (χ1n) is 5.81. The van der Waals surface area contributed by atoms with Crippen LogP contribution in [-0.2, 0) is 6.54 Å². The average Bonchev–Trinajstić information content (AvgIpc) is 2.76. The van der Waals surface area contributed by atoms with Crippen molar-refractivity contribution in [2.24, 2.45) is 5.84 Å². The van der Waals surface area contributed by atoms with Gasteiger partial charge in [0.25, 0.3) is 5.91 Å². The van der Waals surface area contributed by atoms with Crippen LogP contribution in [0.1, 0.15) is 21.9 Å². The summed E-state index contributed by atoms with van der Waals surface area (Å²) < 4.78 is 0. The van der Waals surface area contributed by atoms with Crippen LogP contribution in [0.3, 0.4) is 0 Å². The Balaban J connectivity index is 2.37. The molecule has 0 spiro atoms. The molecule has 3 N–H and O–H groups in total. The van der Waals surface area contributed by atoms with E-state index in [2.05, 4.69) is 41.4 Å². The third-order valence-electron chi connectivity index (χ3n) is 2.45. The highest BCUT2D eigenvalue weighted by Crippen LogP contribution is 2.11. The van der Waals surface area contributed by atoms with Crippen molar-refractivity contribution < 1.29 is 4.79 Å². The quantitative estimate of drug-likeness (QED) is 0.419. The summed E-state index contributed by atoms with van der Waals surface area (Å²) in [6.07, 6.45) is 1.11. The van der Waals surface area contributed by atoms with E-state index >= 15 is 0 Å². The summed E-state index contributed by atoms with van der Waals surface area (Å²) >= 11 is 1.31. The van der Waals surface area contributed by atoms with Gasteiger partial charge in [0.15, 0.2) is 5.01 Å². The second kappa shape index (κ2) is 7.42. The molecule has 0 radical (unpaired) electrons. The highest BCUT2D eigenvalue weighted by molar-refractivity contribution is 7.11. The van der Waals surface area contributed by atoms with Crippen molar-refractivity contribution in [2.45, 2.75) is 13.0 Å². The first kappa shape index (κ1) is 15.0. The Hall–Kier alpha value is -1.02. The zero-order valence-electron chi connectivity index (χ0n) is 11.1. The number of hydrogen-bond donors (Lipinski definition) is 2. The smallest absolute Gasteiger partial charge is 0.294 e. The zero-order chi connectivity index (χ0) is 13.5. The molecule has 1 heterocycles. The molecule has 102 valence electrons. The lowest BCUT2D eigenvalue weighted by atomic mass is 10.3. The number of hydrazine groups is 1. The Bertz CT molecular complexity index is 379. The number of carbonyl (C=O) groups is 1. The third-order valence-corrected chi connectivity index (χ3v) is 3.34. The van der Waals surface area contributed by atoms with Crippen LogP contribution >= 0.6 is 11.3 Å². The van der Waals surface area contributed by atoms with Gasteiger partial charge in [-0.2, -0.15) is 0 Å². The summed E-state index contributed by atoms with van der Waals surface area (Å²) in [6, 6.07) is 0. The van der Waals surface area contributed by atoms with Gasteiger partial charge < -0.3 is 9.80 Å². The zero-order valence-corrected chi connectivity index (χ0v) is 12.0. The number of nitrogens with zero attached hydrogens (tertiary/aromatic N) is 3. The van der Waals surface area contributed by atoms with E-state index in [4.69, 9.17) is 5.84 Å². The maximum atomic E-state index is 11.3. The summed E-state index contributed by atoms with van der Waals surface area (Å²) in [4.78, 5) is 19.9. The van der Waals surface area contributed by atoms with Crippen molar-refractivity contribution in [3.63, 3.8) is 0 Å². The number of amides is 1. The first-order chi connectivity index (χ1) is 8.52. The van der Waals surface area contributed by atoms with Crippen LogP contribution in [0.5, 0.6) is 0 Å². The van der Waals surface area contributed by atoms with Crippen LogP contribution in [0.15, 0.2) is 5.38 Å². The van der Waals surface area contributed by atoms with Crippen LogP contribution in [0, 0.1) is 0 Å². The highest BCUT2D eigenvalue weighted by atomic mass is 32.1. The summed E-state index contributed by atoms with van der Waals surface area (Å²) in [5.41, 5.74) is 2.99. The molecule has 0 unspecified atom stereocenters. The van der Waals surface area contributed by atoms with E-state index in [9.17, 15) is 4.79 Å².